The van der Waals surface area contributed by atoms with Gasteiger partial charge in [0, 0.05) is 10.2 Å². The largest absolute Gasteiger partial charge is 0.353 e. The van der Waals surface area contributed by atoms with Crippen molar-refractivity contribution in [1.29, 1.82) is 0 Å². The lowest BCUT2D eigenvalue weighted by Gasteiger charge is -2.05. The van der Waals surface area contributed by atoms with Gasteiger partial charge in [0.2, 0.25) is 0 Å². The minimum atomic E-state index is 1.02. The molecule has 1 N–H and O–H groups in total. The summed E-state index contributed by atoms with van der Waals surface area (Å²) in [6.07, 6.45) is 7.03. The number of nitrogens with one attached hydrogen (secondary N) is 1. The number of allylic oxidation sites excluding steroid dienone is 5. The van der Waals surface area contributed by atoms with Crippen molar-refractivity contribution < 1.29 is 0 Å². The van der Waals surface area contributed by atoms with Gasteiger partial charge in [-0.25, -0.2) is 0 Å². The molecule has 0 radical (unpaired) electrons. The van der Waals surface area contributed by atoms with Crippen LogP contribution in [0.4, 0.5) is 0 Å². The molecular weight excluding hydrogens is 258 g/mol. The summed E-state index contributed by atoms with van der Waals surface area (Å²) < 4.78 is 1.06. The van der Waals surface area contributed by atoms with Gasteiger partial charge in [0.25, 0.3) is 0 Å². The number of halogens is 1. The second kappa shape index (κ2) is 7.94. The highest BCUT2D eigenvalue weighted by Gasteiger charge is 1.94. The van der Waals surface area contributed by atoms with E-state index in [0.29, 0.717) is 0 Å². The van der Waals surface area contributed by atoms with Crippen molar-refractivity contribution in [3.8, 4) is 0 Å². The summed E-state index contributed by atoms with van der Waals surface area (Å²) in [6, 6.07) is 0. The molecular formula is C11H16BrNS. The molecule has 0 aliphatic heterocycles. The first kappa shape index (κ1) is 13.6. The van der Waals surface area contributed by atoms with Crippen LogP contribution < -0.4 is 5.32 Å². The Balaban J connectivity index is 4.70. The third-order valence-corrected chi connectivity index (χ3v) is 2.73. The summed E-state index contributed by atoms with van der Waals surface area (Å²) in [7, 11) is 0. The minimum absolute atomic E-state index is 1.02. The molecule has 0 saturated carbocycles. The van der Waals surface area contributed by atoms with Gasteiger partial charge in [-0.1, -0.05) is 46.7 Å². The molecule has 0 saturated heterocycles. The van der Waals surface area contributed by atoms with Gasteiger partial charge in [0.1, 0.15) is 0 Å². The quantitative estimate of drug-likeness (QED) is 0.599. The van der Waals surface area contributed by atoms with E-state index in [2.05, 4.69) is 35.1 Å². The molecule has 0 unspecified atom stereocenters. The van der Waals surface area contributed by atoms with E-state index < -0.39 is 0 Å². The van der Waals surface area contributed by atoms with Crippen molar-refractivity contribution in [2.24, 2.45) is 0 Å². The fourth-order valence-corrected chi connectivity index (χ4v) is 1.09. The molecule has 0 aromatic carbocycles. The van der Waals surface area contributed by atoms with Crippen LogP contribution in [-0.2, 0) is 0 Å². The van der Waals surface area contributed by atoms with Gasteiger partial charge >= 0.3 is 0 Å². The Kier molecular flexibility index (Phi) is 7.71. The molecule has 0 aromatic heterocycles. The topological polar surface area (TPSA) is 12.0 Å². The molecule has 0 bridgehead atoms. The maximum Gasteiger partial charge on any atom is 0.0658 e. The second-order valence-corrected chi connectivity index (χ2v) is 3.97. The summed E-state index contributed by atoms with van der Waals surface area (Å²) in [4.78, 5) is 0. The van der Waals surface area contributed by atoms with E-state index in [1.165, 1.54) is 11.1 Å². The molecule has 0 aliphatic carbocycles. The smallest absolute Gasteiger partial charge is 0.0658 e. The summed E-state index contributed by atoms with van der Waals surface area (Å²) in [5.74, 6) is 0. The van der Waals surface area contributed by atoms with Gasteiger partial charge < -0.3 is 5.32 Å². The maximum atomic E-state index is 4.77. The predicted octanol–water partition coefficient (Wildman–Crippen LogP) is 4.07. The van der Waals surface area contributed by atoms with Crippen molar-refractivity contribution in [3.63, 3.8) is 0 Å². The van der Waals surface area contributed by atoms with E-state index in [4.69, 9.17) is 12.2 Å². The van der Waals surface area contributed by atoms with Crippen LogP contribution >= 0.6 is 28.1 Å². The molecule has 0 rings (SSSR count). The Hall–Kier alpha value is -0.410. The monoisotopic (exact) mass is 273 g/mol. The predicted molar refractivity (Wildman–Crippen MR) is 71.6 cm³/mol. The first-order chi connectivity index (χ1) is 6.65. The fraction of sp³-hybridized carbons (Fsp3) is 0.364. The highest BCUT2D eigenvalue weighted by Crippen LogP contribution is 2.10. The molecule has 3 heteroatoms. The van der Waals surface area contributed by atoms with Crippen LogP contribution in [0.3, 0.4) is 0 Å². The van der Waals surface area contributed by atoms with Crippen LogP contribution in [0.25, 0.3) is 0 Å². The normalized spacial score (nSPS) is 14.1. The van der Waals surface area contributed by atoms with Gasteiger partial charge in [-0.05, 0) is 32.4 Å². The van der Waals surface area contributed by atoms with E-state index in [1.54, 1.807) is 0 Å². The average Bonchev–Trinajstić information content (AvgIpc) is 2.22. The Morgan fingerprint density at radius 2 is 2.07 bits per heavy atom. The zero-order valence-corrected chi connectivity index (χ0v) is 11.2. The van der Waals surface area contributed by atoms with E-state index in [-0.39, 0.29) is 0 Å². The van der Waals surface area contributed by atoms with Crippen molar-refractivity contribution in [2.75, 3.05) is 0 Å². The fourth-order valence-electron chi connectivity index (χ4n) is 0.827. The van der Waals surface area contributed by atoms with E-state index >= 15 is 0 Å². The van der Waals surface area contributed by atoms with Crippen LogP contribution in [0.1, 0.15) is 27.2 Å². The van der Waals surface area contributed by atoms with E-state index in [9.17, 15) is 0 Å². The molecule has 0 heterocycles. The Morgan fingerprint density at radius 1 is 1.43 bits per heavy atom. The number of rotatable bonds is 5. The van der Waals surface area contributed by atoms with Gasteiger partial charge in [0.05, 0.1) is 5.49 Å². The Morgan fingerprint density at radius 3 is 2.50 bits per heavy atom. The summed E-state index contributed by atoms with van der Waals surface area (Å²) in [5.41, 5.74) is 3.89. The third-order valence-electron chi connectivity index (χ3n) is 1.89. The van der Waals surface area contributed by atoms with E-state index in [1.807, 2.05) is 25.2 Å². The lowest BCUT2D eigenvalue weighted by atomic mass is 10.1. The minimum Gasteiger partial charge on any atom is -0.353 e. The molecule has 0 aromatic rings. The molecule has 0 aliphatic rings. The molecule has 1 nitrogen and oxygen atoms in total. The Labute approximate surface area is 100 Å². The van der Waals surface area contributed by atoms with Gasteiger partial charge in [-0.2, -0.15) is 0 Å². The number of hydrogen-bond acceptors (Lipinski definition) is 1. The van der Waals surface area contributed by atoms with Crippen LogP contribution in [0.15, 0.2) is 34.0 Å². The molecule has 14 heavy (non-hydrogen) atoms. The van der Waals surface area contributed by atoms with Crippen LogP contribution in [0.2, 0.25) is 0 Å². The van der Waals surface area contributed by atoms with E-state index in [0.717, 1.165) is 16.6 Å². The first-order valence-electron chi connectivity index (χ1n) is 4.55. The van der Waals surface area contributed by atoms with Crippen LogP contribution in [-0.4, -0.2) is 5.49 Å². The summed E-state index contributed by atoms with van der Waals surface area (Å²) >= 11 is 8.19. The Bertz CT molecular complexity index is 277. The van der Waals surface area contributed by atoms with Crippen LogP contribution in [0, 0.1) is 0 Å². The van der Waals surface area contributed by atoms with Gasteiger partial charge in [0.15, 0.2) is 0 Å². The van der Waals surface area contributed by atoms with Gasteiger partial charge in [-0.15, -0.1) is 0 Å². The lowest BCUT2D eigenvalue weighted by molar-refractivity contribution is 1.03. The molecule has 78 valence electrons. The molecule has 0 spiro atoms. The summed E-state index contributed by atoms with van der Waals surface area (Å²) in [6.45, 7) is 6.20. The summed E-state index contributed by atoms with van der Waals surface area (Å²) in [5, 5.41) is 3.05. The highest BCUT2D eigenvalue weighted by molar-refractivity contribution is 9.11. The average molecular weight is 274 g/mol. The molecule has 0 amide bonds. The third kappa shape index (κ3) is 5.35. The number of thiocarbonyl (C=S) groups is 1. The van der Waals surface area contributed by atoms with Crippen molar-refractivity contribution in [2.45, 2.75) is 27.2 Å². The zero-order valence-electron chi connectivity index (χ0n) is 8.80. The van der Waals surface area contributed by atoms with Gasteiger partial charge in [-0.3, -0.25) is 0 Å². The molecule has 0 fully saturated rings. The first-order valence-corrected chi connectivity index (χ1v) is 5.82. The van der Waals surface area contributed by atoms with Crippen molar-refractivity contribution in [3.05, 3.63) is 34.0 Å². The van der Waals surface area contributed by atoms with Crippen molar-refractivity contribution in [1.82, 2.24) is 5.32 Å². The van der Waals surface area contributed by atoms with Crippen LogP contribution in [0.5, 0.6) is 0 Å². The maximum absolute atomic E-state index is 4.77. The molecule has 0 atom stereocenters. The standard InChI is InChI=1S/C11H16BrNS/c1-4-9(3)11(13-8-14)7-6-10(12)5-2/h5-8H,4H2,1-3H3,(H,13,14)/b7-6-,10-5+,11-9-. The zero-order chi connectivity index (χ0) is 11.0. The number of hydrogen-bond donors (Lipinski definition) is 1. The SMILES string of the molecule is C\C=C(Br)/C=C\C(NC=S)=C(/C)CC. The van der Waals surface area contributed by atoms with Crippen molar-refractivity contribution >= 4 is 33.6 Å². The lowest BCUT2D eigenvalue weighted by Crippen LogP contribution is -2.08. The second-order valence-electron chi connectivity index (χ2n) is 2.82. The highest BCUT2D eigenvalue weighted by atomic mass is 79.9.